The van der Waals surface area contributed by atoms with Gasteiger partial charge < -0.3 is 20.9 Å². The molecule has 27 heavy (non-hydrogen) atoms. The van der Waals surface area contributed by atoms with Gasteiger partial charge in [-0.05, 0) is 37.5 Å². The number of guanidine groups is 1. The van der Waals surface area contributed by atoms with Crippen molar-refractivity contribution in [2.45, 2.75) is 25.8 Å². The maximum Gasteiger partial charge on any atom is 0.324 e. The summed E-state index contributed by atoms with van der Waals surface area (Å²) in [5, 5.41) is 9.04. The van der Waals surface area contributed by atoms with Crippen molar-refractivity contribution >= 4 is 23.6 Å². The molecular weight excluding hydrogens is 344 g/mol. The first-order valence-corrected chi connectivity index (χ1v) is 9.49. The van der Waals surface area contributed by atoms with E-state index in [2.05, 4.69) is 57.0 Å². The Morgan fingerprint density at radius 2 is 2.07 bits per heavy atom. The molecule has 3 rings (SSSR count). The zero-order chi connectivity index (χ0) is 19.2. The zero-order valence-corrected chi connectivity index (χ0v) is 16.0. The number of hydrogen-bond acceptors (Lipinski definition) is 4. The first-order chi connectivity index (χ1) is 13.1. The molecule has 0 saturated carbocycles. The van der Waals surface area contributed by atoms with Gasteiger partial charge in [-0.1, -0.05) is 12.1 Å². The molecule has 8 heteroatoms. The molecule has 0 aromatic heterocycles. The third kappa shape index (κ3) is 4.69. The average Bonchev–Trinajstić information content (AvgIpc) is 3.32. The van der Waals surface area contributed by atoms with Gasteiger partial charge in [0.2, 0.25) is 5.91 Å². The highest BCUT2D eigenvalue weighted by Crippen LogP contribution is 2.23. The first-order valence-electron chi connectivity index (χ1n) is 9.49. The summed E-state index contributed by atoms with van der Waals surface area (Å²) in [6.45, 7) is 5.17. The van der Waals surface area contributed by atoms with Crippen molar-refractivity contribution in [2.24, 2.45) is 4.99 Å². The number of imide groups is 1. The van der Waals surface area contributed by atoms with Gasteiger partial charge in [-0.25, -0.2) is 4.79 Å². The van der Waals surface area contributed by atoms with Gasteiger partial charge >= 0.3 is 6.03 Å². The highest BCUT2D eigenvalue weighted by Gasteiger charge is 2.27. The number of anilines is 1. The average molecular weight is 372 g/mol. The van der Waals surface area contributed by atoms with Crippen molar-refractivity contribution in [3.8, 4) is 0 Å². The molecule has 1 aromatic carbocycles. The van der Waals surface area contributed by atoms with Crippen LogP contribution in [0.4, 0.5) is 10.5 Å². The normalized spacial score (nSPS) is 18.7. The van der Waals surface area contributed by atoms with Crippen molar-refractivity contribution in [3.63, 3.8) is 0 Å². The van der Waals surface area contributed by atoms with E-state index in [0.29, 0.717) is 19.0 Å². The lowest BCUT2D eigenvalue weighted by molar-refractivity contribution is -0.124. The fraction of sp³-hybridized carbons (Fsp3) is 0.526. The molecule has 3 amide bonds. The summed E-state index contributed by atoms with van der Waals surface area (Å²) >= 11 is 0. The van der Waals surface area contributed by atoms with Crippen molar-refractivity contribution in [1.82, 2.24) is 20.9 Å². The number of urea groups is 1. The summed E-state index contributed by atoms with van der Waals surface area (Å²) in [6, 6.07) is 8.33. The molecule has 2 heterocycles. The Hall–Kier alpha value is -2.77. The summed E-state index contributed by atoms with van der Waals surface area (Å²) in [5.74, 6) is 0.443. The SMILES string of the molecule is CN=C(NCCN1C(=O)CNC1=O)NC(C)c1cccc(N2CCCC2)c1. The van der Waals surface area contributed by atoms with E-state index in [0.717, 1.165) is 13.1 Å². The Kier molecular flexibility index (Phi) is 6.16. The quantitative estimate of drug-likeness (QED) is 0.395. The Balaban J connectivity index is 1.52. The maximum atomic E-state index is 11.6. The van der Waals surface area contributed by atoms with Crippen LogP contribution in [0.3, 0.4) is 0 Å². The summed E-state index contributed by atoms with van der Waals surface area (Å²) in [6.07, 6.45) is 2.51. The maximum absolute atomic E-state index is 11.6. The van der Waals surface area contributed by atoms with Crippen molar-refractivity contribution in [2.75, 3.05) is 44.7 Å². The van der Waals surface area contributed by atoms with Gasteiger partial charge in [0, 0.05) is 38.9 Å². The van der Waals surface area contributed by atoms with E-state index in [1.165, 1.54) is 29.0 Å². The number of carbonyl (C=O) groups is 2. The highest BCUT2D eigenvalue weighted by atomic mass is 16.2. The zero-order valence-electron chi connectivity index (χ0n) is 16.0. The molecule has 1 aromatic rings. The number of benzene rings is 1. The lowest BCUT2D eigenvalue weighted by Gasteiger charge is -2.22. The summed E-state index contributed by atoms with van der Waals surface area (Å²) in [4.78, 5) is 31.0. The standard InChI is InChI=1S/C19H28N6O2/c1-14(15-6-5-7-16(12-15)24-9-3-4-10-24)23-18(20-2)21-8-11-25-17(26)13-22-19(25)27/h5-7,12,14H,3-4,8-11,13H2,1-2H3,(H,22,27)(H2,20,21,23). The van der Waals surface area contributed by atoms with Gasteiger partial charge in [-0.3, -0.25) is 14.7 Å². The molecule has 146 valence electrons. The van der Waals surface area contributed by atoms with E-state index in [9.17, 15) is 9.59 Å². The van der Waals surface area contributed by atoms with Gasteiger partial charge in [-0.2, -0.15) is 0 Å². The van der Waals surface area contributed by atoms with Crippen molar-refractivity contribution < 1.29 is 9.59 Å². The Morgan fingerprint density at radius 1 is 1.30 bits per heavy atom. The number of carbonyl (C=O) groups excluding carboxylic acids is 2. The largest absolute Gasteiger partial charge is 0.372 e. The van der Waals surface area contributed by atoms with E-state index in [1.807, 2.05) is 0 Å². The first kappa shape index (κ1) is 19.0. The summed E-state index contributed by atoms with van der Waals surface area (Å²) in [7, 11) is 1.70. The van der Waals surface area contributed by atoms with Crippen molar-refractivity contribution in [3.05, 3.63) is 29.8 Å². The molecule has 2 saturated heterocycles. The topological polar surface area (TPSA) is 89.1 Å². The molecule has 3 N–H and O–H groups in total. The van der Waals surface area contributed by atoms with Gasteiger partial charge in [0.15, 0.2) is 5.96 Å². The predicted molar refractivity (Wildman–Crippen MR) is 106 cm³/mol. The monoisotopic (exact) mass is 372 g/mol. The summed E-state index contributed by atoms with van der Waals surface area (Å²) in [5.41, 5.74) is 2.46. The van der Waals surface area contributed by atoms with Crippen LogP contribution in [0.1, 0.15) is 31.4 Å². The van der Waals surface area contributed by atoms with Crippen LogP contribution < -0.4 is 20.9 Å². The van der Waals surface area contributed by atoms with Gasteiger partial charge in [0.1, 0.15) is 0 Å². The molecule has 1 atom stereocenters. The lowest BCUT2D eigenvalue weighted by atomic mass is 10.1. The Bertz CT molecular complexity index is 698. The molecule has 2 aliphatic heterocycles. The van der Waals surface area contributed by atoms with Gasteiger partial charge in [0.05, 0.1) is 12.6 Å². The van der Waals surface area contributed by atoms with Crippen LogP contribution in [0.15, 0.2) is 29.3 Å². The second-order valence-electron chi connectivity index (χ2n) is 6.86. The van der Waals surface area contributed by atoms with Crippen LogP contribution in [0.25, 0.3) is 0 Å². The molecule has 0 bridgehead atoms. The lowest BCUT2D eigenvalue weighted by Crippen LogP contribution is -2.43. The number of hydrogen-bond donors (Lipinski definition) is 3. The van der Waals surface area contributed by atoms with Crippen LogP contribution in [0.5, 0.6) is 0 Å². The fourth-order valence-electron chi connectivity index (χ4n) is 3.42. The molecule has 2 fully saturated rings. The Labute approximate surface area is 160 Å². The molecule has 0 radical (unpaired) electrons. The third-order valence-electron chi connectivity index (χ3n) is 4.98. The van der Waals surface area contributed by atoms with E-state index in [4.69, 9.17) is 0 Å². The molecule has 0 spiro atoms. The van der Waals surface area contributed by atoms with E-state index in [-0.39, 0.29) is 24.5 Å². The van der Waals surface area contributed by atoms with Crippen LogP contribution in [0.2, 0.25) is 0 Å². The number of nitrogens with zero attached hydrogens (tertiary/aromatic N) is 3. The van der Waals surface area contributed by atoms with Crippen LogP contribution >= 0.6 is 0 Å². The van der Waals surface area contributed by atoms with E-state index in [1.54, 1.807) is 7.05 Å². The van der Waals surface area contributed by atoms with Crippen molar-refractivity contribution in [1.29, 1.82) is 0 Å². The highest BCUT2D eigenvalue weighted by molar-refractivity contribution is 6.01. The Morgan fingerprint density at radius 3 is 2.74 bits per heavy atom. The number of aliphatic imine (C=N–C) groups is 1. The predicted octanol–water partition coefficient (Wildman–Crippen LogP) is 1.06. The smallest absolute Gasteiger partial charge is 0.324 e. The van der Waals surface area contributed by atoms with E-state index < -0.39 is 0 Å². The summed E-state index contributed by atoms with van der Waals surface area (Å²) < 4.78 is 0. The molecule has 0 aliphatic carbocycles. The second-order valence-corrected chi connectivity index (χ2v) is 6.86. The minimum atomic E-state index is -0.336. The number of rotatable bonds is 6. The van der Waals surface area contributed by atoms with E-state index >= 15 is 0 Å². The molecule has 8 nitrogen and oxygen atoms in total. The minimum absolute atomic E-state index is 0.0791. The van der Waals surface area contributed by atoms with Gasteiger partial charge in [-0.15, -0.1) is 0 Å². The van der Waals surface area contributed by atoms with Crippen LogP contribution in [-0.2, 0) is 4.79 Å². The van der Waals surface area contributed by atoms with Gasteiger partial charge in [0.25, 0.3) is 0 Å². The molecule has 1 unspecified atom stereocenters. The fourth-order valence-corrected chi connectivity index (χ4v) is 3.42. The second kappa shape index (κ2) is 8.75. The number of amides is 3. The van der Waals surface area contributed by atoms with Crippen LogP contribution in [0, 0.1) is 0 Å². The van der Waals surface area contributed by atoms with Crippen LogP contribution in [-0.4, -0.2) is 62.6 Å². The molecule has 2 aliphatic rings. The minimum Gasteiger partial charge on any atom is -0.372 e. The third-order valence-corrected chi connectivity index (χ3v) is 4.98. The number of nitrogens with one attached hydrogen (secondary N) is 3. The molecular formula is C19H28N6O2.